The third-order valence-electron chi connectivity index (χ3n) is 12.2. The fourth-order valence-corrected chi connectivity index (χ4v) is 7.94. The van der Waals surface area contributed by atoms with Gasteiger partial charge in [0.05, 0.1) is 25.4 Å². The van der Waals surface area contributed by atoms with E-state index in [0.29, 0.717) is 12.8 Å². The van der Waals surface area contributed by atoms with Crippen LogP contribution in [0.3, 0.4) is 0 Å². The number of aliphatic hydroxyl groups excluding tert-OH is 5. The molecule has 0 radical (unpaired) electrons. The summed E-state index contributed by atoms with van der Waals surface area (Å²) in [6.07, 6.45) is 61.2. The number of aliphatic hydroxyl groups is 5. The summed E-state index contributed by atoms with van der Waals surface area (Å²) in [7, 11) is 0. The third kappa shape index (κ3) is 36.7. The van der Waals surface area contributed by atoms with Gasteiger partial charge in [0.1, 0.15) is 24.4 Å². The van der Waals surface area contributed by atoms with Crippen molar-refractivity contribution in [3.63, 3.8) is 0 Å². The number of hydrogen-bond donors (Lipinski definition) is 6. The highest BCUT2D eigenvalue weighted by Crippen LogP contribution is 2.23. The van der Waals surface area contributed by atoms with Crippen molar-refractivity contribution in [2.24, 2.45) is 0 Å². The molecule has 0 aromatic carbocycles. The molecule has 384 valence electrons. The molecule has 9 heteroatoms. The average molecular weight is 938 g/mol. The number of amides is 1. The number of carbonyl (C=O) groups is 1. The lowest BCUT2D eigenvalue weighted by atomic mass is 9.99. The van der Waals surface area contributed by atoms with Gasteiger partial charge in [-0.15, -0.1) is 0 Å². The van der Waals surface area contributed by atoms with Gasteiger partial charge < -0.3 is 40.3 Å². The first-order valence-corrected chi connectivity index (χ1v) is 26.9. The molecule has 0 aliphatic carbocycles. The smallest absolute Gasteiger partial charge is 0.220 e. The van der Waals surface area contributed by atoms with Gasteiger partial charge in [-0.3, -0.25) is 4.79 Å². The van der Waals surface area contributed by atoms with E-state index in [1.807, 2.05) is 0 Å². The van der Waals surface area contributed by atoms with E-state index in [-0.39, 0.29) is 12.5 Å². The fraction of sp³-hybridized carbons (Fsp3) is 0.707. The quantitative estimate of drug-likeness (QED) is 0.0261. The molecule has 0 saturated carbocycles. The molecule has 1 amide bonds. The van der Waals surface area contributed by atoms with Gasteiger partial charge in [0.2, 0.25) is 5.91 Å². The predicted molar refractivity (Wildman–Crippen MR) is 281 cm³/mol. The minimum Gasteiger partial charge on any atom is -0.394 e. The van der Waals surface area contributed by atoms with E-state index in [9.17, 15) is 30.3 Å². The van der Waals surface area contributed by atoms with Gasteiger partial charge in [0.25, 0.3) is 0 Å². The van der Waals surface area contributed by atoms with E-state index in [1.165, 1.54) is 89.9 Å². The van der Waals surface area contributed by atoms with Crippen molar-refractivity contribution in [2.75, 3.05) is 13.2 Å². The van der Waals surface area contributed by atoms with Gasteiger partial charge in [-0.05, 0) is 77.0 Å². The molecule has 1 aliphatic rings. The Kier molecular flexibility index (Phi) is 43.4. The molecule has 0 aromatic heterocycles. The average Bonchev–Trinajstić information content (AvgIpc) is 3.33. The van der Waals surface area contributed by atoms with Crippen LogP contribution in [-0.2, 0) is 14.3 Å². The van der Waals surface area contributed by atoms with Crippen molar-refractivity contribution in [3.8, 4) is 0 Å². The zero-order chi connectivity index (χ0) is 48.7. The number of carbonyl (C=O) groups excluding carboxylic acids is 1. The second-order valence-electron chi connectivity index (χ2n) is 18.3. The Labute approximate surface area is 409 Å². The van der Waals surface area contributed by atoms with Crippen LogP contribution in [-0.4, -0.2) is 87.5 Å². The fourth-order valence-electron chi connectivity index (χ4n) is 7.94. The monoisotopic (exact) mass is 938 g/mol. The van der Waals surface area contributed by atoms with Crippen LogP contribution in [0.2, 0.25) is 0 Å². The second-order valence-corrected chi connectivity index (χ2v) is 18.3. The van der Waals surface area contributed by atoms with Crippen LogP contribution in [0.15, 0.2) is 97.2 Å². The number of hydrogen-bond acceptors (Lipinski definition) is 8. The highest BCUT2D eigenvalue weighted by molar-refractivity contribution is 5.76. The Hall–Kier alpha value is -2.89. The molecule has 9 nitrogen and oxygen atoms in total. The summed E-state index contributed by atoms with van der Waals surface area (Å²) in [4.78, 5) is 12.8. The predicted octanol–water partition coefficient (Wildman–Crippen LogP) is 12.8. The molecule has 1 rings (SSSR count). The lowest BCUT2D eigenvalue weighted by Crippen LogP contribution is -2.60. The van der Waals surface area contributed by atoms with Crippen LogP contribution in [0.1, 0.15) is 206 Å². The van der Waals surface area contributed by atoms with Gasteiger partial charge >= 0.3 is 0 Å². The number of rotatable bonds is 44. The molecule has 6 N–H and O–H groups in total. The molecule has 0 bridgehead atoms. The van der Waals surface area contributed by atoms with E-state index in [1.54, 1.807) is 0 Å². The normalized spacial score (nSPS) is 20.5. The molecule has 67 heavy (non-hydrogen) atoms. The molecule has 0 aromatic rings. The summed E-state index contributed by atoms with van der Waals surface area (Å²) >= 11 is 0. The van der Waals surface area contributed by atoms with Gasteiger partial charge in [-0.25, -0.2) is 0 Å². The van der Waals surface area contributed by atoms with E-state index in [0.717, 1.165) is 89.9 Å². The van der Waals surface area contributed by atoms with Crippen molar-refractivity contribution in [2.45, 2.75) is 249 Å². The van der Waals surface area contributed by atoms with Crippen molar-refractivity contribution >= 4 is 5.91 Å². The molecule has 0 spiro atoms. The minimum atomic E-state index is -1.55. The second kappa shape index (κ2) is 46.8. The summed E-state index contributed by atoms with van der Waals surface area (Å²) in [6.45, 7) is 3.54. The lowest BCUT2D eigenvalue weighted by Gasteiger charge is -2.40. The molecular formula is C58H99NO8. The molecule has 7 unspecified atom stereocenters. The molecule has 1 fully saturated rings. The Balaban J connectivity index is 1.95. The van der Waals surface area contributed by atoms with E-state index in [4.69, 9.17) is 9.47 Å². The largest absolute Gasteiger partial charge is 0.394 e. The molecule has 1 heterocycles. The minimum absolute atomic E-state index is 0.145. The SMILES string of the molecule is CC/C=C\C/C=C\C/C=C\C/C=C\C/C=C\C/C=C\C/C=C\C/C=C\CCCCCCCCCCCCCCCCCCC(=O)NC(COC1OC(CO)C(O)C(O)C1O)C(O)CCCCC. The number of allylic oxidation sites excluding steroid dienone is 16. The Morgan fingerprint density at radius 3 is 1.34 bits per heavy atom. The summed E-state index contributed by atoms with van der Waals surface area (Å²) in [5.74, 6) is -0.159. The summed E-state index contributed by atoms with van der Waals surface area (Å²) in [5.41, 5.74) is 0. The van der Waals surface area contributed by atoms with Crippen LogP contribution >= 0.6 is 0 Å². The number of nitrogens with one attached hydrogen (secondary N) is 1. The topological polar surface area (TPSA) is 149 Å². The van der Waals surface area contributed by atoms with Crippen LogP contribution < -0.4 is 5.32 Å². The molecule has 7 atom stereocenters. The zero-order valence-corrected chi connectivity index (χ0v) is 42.4. The first kappa shape index (κ1) is 62.1. The van der Waals surface area contributed by atoms with Crippen LogP contribution in [0, 0.1) is 0 Å². The van der Waals surface area contributed by atoms with Crippen molar-refractivity contribution < 1.29 is 39.8 Å². The Morgan fingerprint density at radius 2 is 0.925 bits per heavy atom. The molecule has 1 aliphatic heterocycles. The van der Waals surface area contributed by atoms with Crippen molar-refractivity contribution in [1.29, 1.82) is 0 Å². The number of unbranched alkanes of at least 4 members (excludes halogenated alkanes) is 18. The van der Waals surface area contributed by atoms with E-state index < -0.39 is 49.5 Å². The van der Waals surface area contributed by atoms with E-state index in [2.05, 4.69) is 116 Å². The lowest BCUT2D eigenvalue weighted by molar-refractivity contribution is -0.302. The Bertz CT molecular complexity index is 1370. The third-order valence-corrected chi connectivity index (χ3v) is 12.2. The summed E-state index contributed by atoms with van der Waals surface area (Å²) in [6, 6.07) is -0.717. The first-order chi connectivity index (χ1) is 32.8. The van der Waals surface area contributed by atoms with E-state index >= 15 is 0 Å². The summed E-state index contributed by atoms with van der Waals surface area (Å²) < 4.78 is 11.1. The maximum atomic E-state index is 12.8. The maximum absolute atomic E-state index is 12.8. The van der Waals surface area contributed by atoms with Gasteiger partial charge in [0, 0.05) is 6.42 Å². The van der Waals surface area contributed by atoms with Crippen molar-refractivity contribution in [1.82, 2.24) is 5.32 Å². The van der Waals surface area contributed by atoms with Crippen LogP contribution in [0.5, 0.6) is 0 Å². The molecular weight excluding hydrogens is 839 g/mol. The summed E-state index contributed by atoms with van der Waals surface area (Å²) in [5, 5.41) is 53.7. The Morgan fingerprint density at radius 1 is 0.522 bits per heavy atom. The van der Waals surface area contributed by atoms with Gasteiger partial charge in [-0.2, -0.15) is 0 Å². The van der Waals surface area contributed by atoms with Crippen LogP contribution in [0.25, 0.3) is 0 Å². The maximum Gasteiger partial charge on any atom is 0.220 e. The first-order valence-electron chi connectivity index (χ1n) is 26.9. The highest BCUT2D eigenvalue weighted by Gasteiger charge is 2.44. The van der Waals surface area contributed by atoms with Gasteiger partial charge in [0.15, 0.2) is 6.29 Å². The van der Waals surface area contributed by atoms with Gasteiger partial charge in [-0.1, -0.05) is 220 Å². The van der Waals surface area contributed by atoms with Crippen LogP contribution in [0.4, 0.5) is 0 Å². The number of ether oxygens (including phenoxy) is 2. The standard InChI is InChI=1S/C58H99NO8/c1-3-5-7-8-9-10-11-12-13-14-15-16-17-18-19-20-21-22-23-24-25-26-27-28-29-30-31-32-33-34-35-36-37-38-39-40-41-42-43-44-46-48-54(62)59-51(52(61)47-45-6-4-2)50-66-58-57(65)56(64)55(63)53(49-60)67-58/h5,7,9-10,12-13,15-16,18-19,21-22,24-25,27-28,51-53,55-58,60-61,63-65H,3-4,6,8,11,14,17,20,23,26,29-50H2,1-2H3,(H,59,62)/b7-5-,10-9-,13-12-,16-15-,19-18-,22-21-,25-24-,28-27-. The highest BCUT2D eigenvalue weighted by atomic mass is 16.7. The molecule has 1 saturated heterocycles. The van der Waals surface area contributed by atoms with Crippen molar-refractivity contribution in [3.05, 3.63) is 97.2 Å². The zero-order valence-electron chi connectivity index (χ0n) is 42.4.